The molecule has 148 valence electrons. The largest absolute Gasteiger partial charge is 0.464 e. The molecule has 2 aromatic rings. The van der Waals surface area contributed by atoms with Gasteiger partial charge in [-0.25, -0.2) is 4.79 Å². The maximum Gasteiger partial charge on any atom is 0.335 e. The molecule has 0 N–H and O–H groups in total. The predicted molar refractivity (Wildman–Crippen MR) is 103 cm³/mol. The van der Waals surface area contributed by atoms with Crippen molar-refractivity contribution in [3.8, 4) is 0 Å². The molecule has 0 saturated heterocycles. The Bertz CT molecular complexity index is 816. The maximum atomic E-state index is 12.7. The number of hydrogen-bond donors (Lipinski definition) is 0. The van der Waals surface area contributed by atoms with Crippen LogP contribution in [0, 0.1) is 5.92 Å². The van der Waals surface area contributed by atoms with Crippen LogP contribution < -0.4 is 5.56 Å². The van der Waals surface area contributed by atoms with Crippen molar-refractivity contribution in [3.05, 3.63) is 34.1 Å². The van der Waals surface area contributed by atoms with Crippen LogP contribution in [0.2, 0.25) is 0 Å². The summed E-state index contributed by atoms with van der Waals surface area (Å²) in [6.07, 6.45) is 5.78. The van der Waals surface area contributed by atoms with E-state index < -0.39 is 6.10 Å². The third-order valence-electron chi connectivity index (χ3n) is 5.20. The summed E-state index contributed by atoms with van der Waals surface area (Å²) in [5.41, 5.74) is 1.35. The van der Waals surface area contributed by atoms with Gasteiger partial charge in [-0.2, -0.15) is 4.74 Å². The SMILES string of the molecule is CCOC(=O)C(Cc1ccc2on(CC3CCCCC3)c(=O)c2c1)OCC. The fourth-order valence-electron chi connectivity index (χ4n) is 3.83. The molecule has 1 aliphatic rings. The molecule has 0 amide bonds. The molecule has 1 atom stereocenters. The zero-order chi connectivity index (χ0) is 19.2. The average molecular weight is 375 g/mol. The van der Waals surface area contributed by atoms with Crippen molar-refractivity contribution in [1.29, 1.82) is 0 Å². The molecule has 3 rings (SSSR count). The third kappa shape index (κ3) is 4.80. The summed E-state index contributed by atoms with van der Waals surface area (Å²) in [6.45, 7) is 5.00. The smallest absolute Gasteiger partial charge is 0.335 e. The molecule has 1 aromatic carbocycles. The molecule has 1 saturated carbocycles. The van der Waals surface area contributed by atoms with Gasteiger partial charge in [0.1, 0.15) is 0 Å². The number of fused-ring (bicyclic) bond motifs is 1. The Morgan fingerprint density at radius 3 is 2.70 bits per heavy atom. The number of benzene rings is 1. The summed E-state index contributed by atoms with van der Waals surface area (Å²) in [5.74, 6) is 0.143. The summed E-state index contributed by atoms with van der Waals surface area (Å²) in [6, 6.07) is 5.49. The molecule has 1 aliphatic carbocycles. The molecule has 27 heavy (non-hydrogen) atoms. The maximum absolute atomic E-state index is 12.7. The molecule has 0 aliphatic heterocycles. The Morgan fingerprint density at radius 1 is 1.22 bits per heavy atom. The van der Waals surface area contributed by atoms with E-state index in [1.54, 1.807) is 13.0 Å². The van der Waals surface area contributed by atoms with Crippen LogP contribution >= 0.6 is 0 Å². The Morgan fingerprint density at radius 2 is 2.00 bits per heavy atom. The standard InChI is InChI=1S/C21H29NO5/c1-3-25-19(21(24)26-4-2)13-16-10-11-18-17(12-16)20(23)22(27-18)14-15-8-6-5-7-9-15/h10-12,15,19H,3-9,13-14H2,1-2H3. The molecular formula is C21H29NO5. The summed E-state index contributed by atoms with van der Waals surface area (Å²) in [5, 5.41) is 0.558. The van der Waals surface area contributed by atoms with Gasteiger partial charge in [0.15, 0.2) is 11.7 Å². The molecule has 0 spiro atoms. The number of carbonyl (C=O) groups is 1. The number of ether oxygens (including phenoxy) is 2. The summed E-state index contributed by atoms with van der Waals surface area (Å²) in [4.78, 5) is 24.8. The fraction of sp³-hybridized carbons (Fsp3) is 0.619. The molecule has 1 heterocycles. The van der Waals surface area contributed by atoms with E-state index in [9.17, 15) is 9.59 Å². The van der Waals surface area contributed by atoms with Gasteiger partial charge in [-0.3, -0.25) is 4.79 Å². The minimum atomic E-state index is -0.663. The summed E-state index contributed by atoms with van der Waals surface area (Å²) < 4.78 is 17.9. The number of carbonyl (C=O) groups excluding carboxylic acids is 1. The molecular weight excluding hydrogens is 346 g/mol. The highest BCUT2D eigenvalue weighted by atomic mass is 16.6. The summed E-state index contributed by atoms with van der Waals surface area (Å²) in [7, 11) is 0. The molecule has 1 aromatic heterocycles. The van der Waals surface area contributed by atoms with Gasteiger partial charge < -0.3 is 14.0 Å². The van der Waals surface area contributed by atoms with E-state index in [1.807, 2.05) is 19.1 Å². The molecule has 1 fully saturated rings. The second kappa shape index (κ2) is 9.22. The monoisotopic (exact) mass is 375 g/mol. The van der Waals surface area contributed by atoms with E-state index in [0.29, 0.717) is 43.1 Å². The van der Waals surface area contributed by atoms with Crippen LogP contribution in [0.5, 0.6) is 0 Å². The highest BCUT2D eigenvalue weighted by Crippen LogP contribution is 2.25. The van der Waals surface area contributed by atoms with Gasteiger partial charge in [-0.1, -0.05) is 25.3 Å². The first kappa shape index (κ1) is 19.7. The van der Waals surface area contributed by atoms with Gasteiger partial charge in [-0.05, 0) is 50.3 Å². The van der Waals surface area contributed by atoms with E-state index in [4.69, 9.17) is 14.0 Å². The van der Waals surface area contributed by atoms with Crippen LogP contribution in [-0.2, 0) is 27.2 Å². The van der Waals surface area contributed by atoms with Crippen molar-refractivity contribution in [2.45, 2.75) is 65.0 Å². The van der Waals surface area contributed by atoms with Crippen molar-refractivity contribution in [3.63, 3.8) is 0 Å². The lowest BCUT2D eigenvalue weighted by atomic mass is 9.89. The van der Waals surface area contributed by atoms with Crippen LogP contribution in [0.1, 0.15) is 51.5 Å². The molecule has 6 nitrogen and oxygen atoms in total. The number of esters is 1. The van der Waals surface area contributed by atoms with E-state index in [1.165, 1.54) is 24.0 Å². The van der Waals surface area contributed by atoms with Gasteiger partial charge in [0.05, 0.1) is 18.5 Å². The second-order valence-electron chi connectivity index (χ2n) is 7.19. The van der Waals surface area contributed by atoms with Crippen molar-refractivity contribution in [1.82, 2.24) is 4.74 Å². The average Bonchev–Trinajstić information content (AvgIpc) is 2.98. The van der Waals surface area contributed by atoms with Gasteiger partial charge in [0.25, 0.3) is 5.56 Å². The lowest BCUT2D eigenvalue weighted by molar-refractivity contribution is -0.156. The van der Waals surface area contributed by atoms with Crippen molar-refractivity contribution >= 4 is 16.9 Å². The zero-order valence-electron chi connectivity index (χ0n) is 16.2. The van der Waals surface area contributed by atoms with Crippen LogP contribution in [0.4, 0.5) is 0 Å². The Balaban J connectivity index is 1.78. The van der Waals surface area contributed by atoms with Crippen molar-refractivity contribution < 1.29 is 18.8 Å². The Hall–Kier alpha value is -2.08. The van der Waals surface area contributed by atoms with Gasteiger partial charge in [0, 0.05) is 13.0 Å². The molecule has 0 bridgehead atoms. The Labute approximate surface area is 159 Å². The van der Waals surface area contributed by atoms with Gasteiger partial charge in [0.2, 0.25) is 0 Å². The summed E-state index contributed by atoms with van der Waals surface area (Å²) >= 11 is 0. The first-order valence-corrected chi connectivity index (χ1v) is 10.0. The number of rotatable bonds is 8. The predicted octanol–water partition coefficient (Wildman–Crippen LogP) is 3.69. The first-order valence-electron chi connectivity index (χ1n) is 10.0. The number of aromatic nitrogens is 1. The van der Waals surface area contributed by atoms with E-state index >= 15 is 0 Å². The van der Waals surface area contributed by atoms with Crippen LogP contribution in [0.15, 0.2) is 27.5 Å². The minimum Gasteiger partial charge on any atom is -0.464 e. The van der Waals surface area contributed by atoms with Crippen molar-refractivity contribution in [2.75, 3.05) is 13.2 Å². The quantitative estimate of drug-likeness (QED) is 0.658. The fourth-order valence-corrected chi connectivity index (χ4v) is 3.83. The van der Waals surface area contributed by atoms with Gasteiger partial charge >= 0.3 is 5.97 Å². The van der Waals surface area contributed by atoms with E-state index in [-0.39, 0.29) is 11.5 Å². The molecule has 1 unspecified atom stereocenters. The normalized spacial score (nSPS) is 16.5. The Kier molecular flexibility index (Phi) is 6.72. The molecule has 0 radical (unpaired) electrons. The van der Waals surface area contributed by atoms with E-state index in [2.05, 4.69) is 0 Å². The lowest BCUT2D eigenvalue weighted by Gasteiger charge is -2.20. The topological polar surface area (TPSA) is 70.7 Å². The lowest BCUT2D eigenvalue weighted by Crippen LogP contribution is -2.29. The zero-order valence-corrected chi connectivity index (χ0v) is 16.2. The number of nitrogens with zero attached hydrogens (tertiary/aromatic N) is 1. The third-order valence-corrected chi connectivity index (χ3v) is 5.20. The second-order valence-corrected chi connectivity index (χ2v) is 7.19. The molecule has 6 heteroatoms. The number of hydrogen-bond acceptors (Lipinski definition) is 5. The highest BCUT2D eigenvalue weighted by molar-refractivity contribution is 5.78. The minimum absolute atomic E-state index is 0.0958. The van der Waals surface area contributed by atoms with Crippen molar-refractivity contribution in [2.24, 2.45) is 5.92 Å². The van der Waals surface area contributed by atoms with Crippen LogP contribution in [0.3, 0.4) is 0 Å². The highest BCUT2D eigenvalue weighted by Gasteiger charge is 2.22. The van der Waals surface area contributed by atoms with Gasteiger partial charge in [-0.15, -0.1) is 0 Å². The van der Waals surface area contributed by atoms with Crippen LogP contribution in [0.25, 0.3) is 11.0 Å². The first-order chi connectivity index (χ1) is 13.1. The van der Waals surface area contributed by atoms with Crippen LogP contribution in [-0.4, -0.2) is 30.0 Å². The van der Waals surface area contributed by atoms with E-state index in [0.717, 1.165) is 18.4 Å².